The van der Waals surface area contributed by atoms with Gasteiger partial charge in [0.2, 0.25) is 0 Å². The minimum Gasteiger partial charge on any atom is -0.288 e. The minimum atomic E-state index is -0.645. The molecule has 5 heteroatoms. The fraction of sp³-hybridized carbons (Fsp3) is 0. The fourth-order valence-electron chi connectivity index (χ4n) is 1.40. The van der Waals surface area contributed by atoms with E-state index in [1.165, 1.54) is 18.3 Å². The molecule has 1 aromatic carbocycles. The van der Waals surface area contributed by atoms with E-state index in [4.69, 9.17) is 11.6 Å². The number of pyridine rings is 1. The molecule has 0 saturated carbocycles. The van der Waals surface area contributed by atoms with E-state index in [1.54, 1.807) is 12.1 Å². The minimum absolute atomic E-state index is 0.0193. The first-order chi connectivity index (χ1) is 8.08. The third-order valence-corrected chi connectivity index (χ3v) is 2.82. The molecule has 0 radical (unpaired) electrons. The zero-order valence-corrected chi connectivity index (χ0v) is 10.8. The van der Waals surface area contributed by atoms with Gasteiger partial charge in [0.15, 0.2) is 11.6 Å². The van der Waals surface area contributed by atoms with E-state index in [2.05, 4.69) is 20.9 Å². The van der Waals surface area contributed by atoms with Crippen LogP contribution in [0.2, 0.25) is 5.02 Å². The molecule has 0 spiro atoms. The number of hydrogen-bond donors (Lipinski definition) is 0. The summed E-state index contributed by atoms with van der Waals surface area (Å²) in [6.07, 6.45) is 2.38. The van der Waals surface area contributed by atoms with Crippen molar-refractivity contribution in [3.05, 3.63) is 63.1 Å². The van der Waals surface area contributed by atoms with E-state index in [0.29, 0.717) is 15.1 Å². The molecule has 0 saturated heterocycles. The summed E-state index contributed by atoms with van der Waals surface area (Å²) >= 11 is 9.06. The van der Waals surface area contributed by atoms with Gasteiger partial charge in [0, 0.05) is 21.3 Å². The first-order valence-electron chi connectivity index (χ1n) is 4.68. The largest absolute Gasteiger partial charge is 0.288 e. The highest BCUT2D eigenvalue weighted by Crippen LogP contribution is 2.22. The molecule has 0 fully saturated rings. The summed E-state index contributed by atoms with van der Waals surface area (Å²) in [5, 5.41) is 0.414. The second-order valence-electron chi connectivity index (χ2n) is 3.34. The lowest BCUT2D eigenvalue weighted by molar-refractivity contribution is 0.103. The Labute approximate surface area is 111 Å². The summed E-state index contributed by atoms with van der Waals surface area (Å²) in [4.78, 5) is 15.6. The first-order valence-corrected chi connectivity index (χ1v) is 5.85. The molecule has 0 unspecified atom stereocenters. The number of aromatic nitrogens is 1. The van der Waals surface area contributed by atoms with E-state index in [1.807, 2.05) is 0 Å². The van der Waals surface area contributed by atoms with Crippen molar-refractivity contribution in [2.75, 3.05) is 0 Å². The van der Waals surface area contributed by atoms with Crippen molar-refractivity contribution in [2.24, 2.45) is 0 Å². The highest BCUT2D eigenvalue weighted by atomic mass is 79.9. The number of carbonyl (C=O) groups is 1. The van der Waals surface area contributed by atoms with Gasteiger partial charge in [-0.2, -0.15) is 0 Å². The Morgan fingerprint density at radius 1 is 1.35 bits per heavy atom. The van der Waals surface area contributed by atoms with E-state index in [-0.39, 0.29) is 5.56 Å². The van der Waals surface area contributed by atoms with E-state index in [9.17, 15) is 9.18 Å². The molecule has 86 valence electrons. The topological polar surface area (TPSA) is 30.0 Å². The smallest absolute Gasteiger partial charge is 0.196 e. The normalized spacial score (nSPS) is 10.3. The molecule has 2 aromatic rings. The molecule has 0 atom stereocenters. The standard InChI is InChI=1S/C12H6BrClFNO/c13-8-3-7(4-9(14)5-8)12(17)10-1-2-16-6-11(10)15/h1-6H. The maximum Gasteiger partial charge on any atom is 0.196 e. The predicted octanol–water partition coefficient (Wildman–Crippen LogP) is 3.87. The second-order valence-corrected chi connectivity index (χ2v) is 4.69. The number of carbonyl (C=O) groups excluding carboxylic acids is 1. The van der Waals surface area contributed by atoms with Gasteiger partial charge in [0.1, 0.15) is 0 Å². The van der Waals surface area contributed by atoms with Crippen LogP contribution in [0.3, 0.4) is 0 Å². The highest BCUT2D eigenvalue weighted by molar-refractivity contribution is 9.10. The Bertz CT molecular complexity index is 568. The average Bonchev–Trinajstić information content (AvgIpc) is 2.27. The summed E-state index contributed by atoms with van der Waals surface area (Å²) in [5.41, 5.74) is 0.309. The zero-order chi connectivity index (χ0) is 12.4. The van der Waals surface area contributed by atoms with Gasteiger partial charge in [0.25, 0.3) is 0 Å². The quantitative estimate of drug-likeness (QED) is 0.788. The molecule has 1 heterocycles. The van der Waals surface area contributed by atoms with Crippen LogP contribution in [0, 0.1) is 5.82 Å². The van der Waals surface area contributed by atoms with Gasteiger partial charge in [-0.25, -0.2) is 4.39 Å². The molecule has 0 aliphatic rings. The van der Waals surface area contributed by atoms with Crippen molar-refractivity contribution in [3.63, 3.8) is 0 Å². The molecule has 0 amide bonds. The number of nitrogens with zero attached hydrogens (tertiary/aromatic N) is 1. The lowest BCUT2D eigenvalue weighted by Crippen LogP contribution is -2.04. The molecule has 0 aliphatic carbocycles. The molecular formula is C12H6BrClFNO. The van der Waals surface area contributed by atoms with Gasteiger partial charge in [0.05, 0.1) is 11.8 Å². The van der Waals surface area contributed by atoms with E-state index < -0.39 is 11.6 Å². The molecule has 1 aromatic heterocycles. The van der Waals surface area contributed by atoms with Crippen molar-refractivity contribution in [3.8, 4) is 0 Å². The molecule has 2 rings (SSSR count). The molecular weight excluding hydrogens is 308 g/mol. The second kappa shape index (κ2) is 4.94. The summed E-state index contributed by atoms with van der Waals surface area (Å²) in [5.74, 6) is -1.07. The number of hydrogen-bond acceptors (Lipinski definition) is 2. The number of rotatable bonds is 2. The van der Waals surface area contributed by atoms with Crippen LogP contribution in [0.15, 0.2) is 41.1 Å². The lowest BCUT2D eigenvalue weighted by Gasteiger charge is -2.03. The maximum absolute atomic E-state index is 13.4. The van der Waals surface area contributed by atoms with Crippen molar-refractivity contribution >= 4 is 33.3 Å². The van der Waals surface area contributed by atoms with Gasteiger partial charge in [-0.1, -0.05) is 27.5 Å². The summed E-state index contributed by atoms with van der Waals surface area (Å²) in [7, 11) is 0. The van der Waals surface area contributed by atoms with Gasteiger partial charge >= 0.3 is 0 Å². The van der Waals surface area contributed by atoms with Crippen molar-refractivity contribution < 1.29 is 9.18 Å². The van der Waals surface area contributed by atoms with Crippen molar-refractivity contribution in [2.45, 2.75) is 0 Å². The van der Waals surface area contributed by atoms with Crippen LogP contribution in [-0.2, 0) is 0 Å². The summed E-state index contributed by atoms with van der Waals surface area (Å²) in [6, 6.07) is 6.08. The highest BCUT2D eigenvalue weighted by Gasteiger charge is 2.14. The average molecular weight is 315 g/mol. The molecule has 2 nitrogen and oxygen atoms in total. The lowest BCUT2D eigenvalue weighted by atomic mass is 10.0. The van der Waals surface area contributed by atoms with Crippen molar-refractivity contribution in [1.82, 2.24) is 4.98 Å². The van der Waals surface area contributed by atoms with E-state index in [0.717, 1.165) is 6.20 Å². The Balaban J connectivity index is 2.48. The maximum atomic E-state index is 13.4. The van der Waals surface area contributed by atoms with Gasteiger partial charge < -0.3 is 0 Å². The Kier molecular flexibility index (Phi) is 3.54. The molecule has 0 N–H and O–H groups in total. The predicted molar refractivity (Wildman–Crippen MR) is 66.8 cm³/mol. The van der Waals surface area contributed by atoms with Gasteiger partial charge in [-0.05, 0) is 24.3 Å². The molecule has 0 bridgehead atoms. The van der Waals surface area contributed by atoms with Crippen LogP contribution in [0.4, 0.5) is 4.39 Å². The van der Waals surface area contributed by atoms with Gasteiger partial charge in [-0.15, -0.1) is 0 Å². The van der Waals surface area contributed by atoms with Gasteiger partial charge in [-0.3, -0.25) is 9.78 Å². The van der Waals surface area contributed by atoms with Crippen LogP contribution in [0.1, 0.15) is 15.9 Å². The fourth-order valence-corrected chi connectivity index (χ4v) is 2.26. The number of halogens is 3. The Morgan fingerprint density at radius 3 is 2.76 bits per heavy atom. The third kappa shape index (κ3) is 2.70. The third-order valence-electron chi connectivity index (χ3n) is 2.14. The Morgan fingerprint density at radius 2 is 2.12 bits per heavy atom. The summed E-state index contributed by atoms with van der Waals surface area (Å²) < 4.78 is 14.1. The zero-order valence-electron chi connectivity index (χ0n) is 8.45. The van der Waals surface area contributed by atoms with Crippen LogP contribution in [0.5, 0.6) is 0 Å². The van der Waals surface area contributed by atoms with Crippen LogP contribution in [-0.4, -0.2) is 10.8 Å². The van der Waals surface area contributed by atoms with Crippen LogP contribution < -0.4 is 0 Å². The number of ketones is 1. The van der Waals surface area contributed by atoms with Crippen LogP contribution in [0.25, 0.3) is 0 Å². The van der Waals surface area contributed by atoms with Crippen molar-refractivity contribution in [1.29, 1.82) is 0 Å². The summed E-state index contributed by atoms with van der Waals surface area (Å²) in [6.45, 7) is 0. The van der Waals surface area contributed by atoms with Crippen LogP contribution >= 0.6 is 27.5 Å². The SMILES string of the molecule is O=C(c1cc(Cl)cc(Br)c1)c1ccncc1F. The number of benzene rings is 1. The Hall–Kier alpha value is -1.26. The first kappa shape index (κ1) is 12.2. The monoisotopic (exact) mass is 313 g/mol. The van der Waals surface area contributed by atoms with E-state index >= 15 is 0 Å². The molecule has 17 heavy (non-hydrogen) atoms. The molecule has 0 aliphatic heterocycles.